The highest BCUT2D eigenvalue weighted by molar-refractivity contribution is 5.63. The van der Waals surface area contributed by atoms with E-state index < -0.39 is 5.60 Å². The number of aliphatic hydroxyl groups is 1. The molecule has 0 radical (unpaired) electrons. The Morgan fingerprint density at radius 2 is 1.93 bits per heavy atom. The molecule has 0 aliphatic carbocycles. The van der Waals surface area contributed by atoms with Gasteiger partial charge in [0.15, 0.2) is 11.5 Å². The first-order valence-corrected chi connectivity index (χ1v) is 10.2. The van der Waals surface area contributed by atoms with E-state index in [1.54, 1.807) is 18.6 Å². The molecule has 4 aromatic heterocycles. The standard InChI is InChI=1S/C22H25N7O/c1-15-16(2)25-19-13-18(20-24-9-12-27(20)3)26-29(19)21(15)28-10-6-22(30,7-11-28)17-5-4-8-23-14-17/h4-5,8-9,12-14,30H,6-7,10-11H2,1-3H3. The van der Waals surface area contributed by atoms with Gasteiger partial charge in [0.1, 0.15) is 11.5 Å². The van der Waals surface area contributed by atoms with Crippen LogP contribution in [0.25, 0.3) is 17.2 Å². The van der Waals surface area contributed by atoms with Crippen LogP contribution < -0.4 is 4.90 Å². The van der Waals surface area contributed by atoms with Gasteiger partial charge in [0.05, 0.1) is 5.60 Å². The number of nitrogens with zero attached hydrogens (tertiary/aromatic N) is 7. The molecule has 8 nitrogen and oxygen atoms in total. The van der Waals surface area contributed by atoms with Crippen LogP contribution in [0.4, 0.5) is 5.82 Å². The number of aromatic nitrogens is 6. The van der Waals surface area contributed by atoms with Gasteiger partial charge in [-0.15, -0.1) is 0 Å². The van der Waals surface area contributed by atoms with Crippen LogP contribution >= 0.6 is 0 Å². The zero-order chi connectivity index (χ0) is 20.9. The van der Waals surface area contributed by atoms with E-state index in [0.29, 0.717) is 12.8 Å². The van der Waals surface area contributed by atoms with Crippen LogP contribution in [0.15, 0.2) is 43.0 Å². The largest absolute Gasteiger partial charge is 0.385 e. The van der Waals surface area contributed by atoms with E-state index in [1.807, 2.05) is 47.4 Å². The lowest BCUT2D eigenvalue weighted by Gasteiger charge is -2.39. The Hall–Kier alpha value is -3.26. The summed E-state index contributed by atoms with van der Waals surface area (Å²) in [5, 5.41) is 16.0. The average Bonchev–Trinajstić information content (AvgIpc) is 3.36. The van der Waals surface area contributed by atoms with Crippen LogP contribution in [0.1, 0.15) is 29.7 Å². The molecule has 0 aromatic carbocycles. The van der Waals surface area contributed by atoms with Gasteiger partial charge in [0.25, 0.3) is 0 Å². The zero-order valence-electron chi connectivity index (χ0n) is 17.4. The first-order chi connectivity index (χ1) is 14.5. The van der Waals surface area contributed by atoms with Crippen molar-refractivity contribution in [1.82, 2.24) is 29.1 Å². The van der Waals surface area contributed by atoms with Crippen LogP contribution in [0, 0.1) is 13.8 Å². The molecule has 0 spiro atoms. The Morgan fingerprint density at radius 1 is 1.13 bits per heavy atom. The van der Waals surface area contributed by atoms with E-state index in [1.165, 1.54) is 0 Å². The molecule has 0 bridgehead atoms. The number of imidazole rings is 1. The monoisotopic (exact) mass is 403 g/mol. The Labute approximate surface area is 174 Å². The maximum atomic E-state index is 11.2. The highest BCUT2D eigenvalue weighted by Crippen LogP contribution is 2.35. The fourth-order valence-corrected chi connectivity index (χ4v) is 4.29. The van der Waals surface area contributed by atoms with Crippen LogP contribution in [-0.2, 0) is 12.6 Å². The summed E-state index contributed by atoms with van der Waals surface area (Å²) in [6.45, 7) is 5.56. The Kier molecular flexibility index (Phi) is 4.32. The number of anilines is 1. The van der Waals surface area contributed by atoms with Gasteiger partial charge in [-0.2, -0.15) is 9.61 Å². The molecule has 5 rings (SSSR count). The minimum Gasteiger partial charge on any atom is -0.385 e. The van der Waals surface area contributed by atoms with Gasteiger partial charge in [-0.1, -0.05) is 6.07 Å². The van der Waals surface area contributed by atoms with Gasteiger partial charge in [-0.05, 0) is 32.8 Å². The van der Waals surface area contributed by atoms with E-state index >= 15 is 0 Å². The molecule has 30 heavy (non-hydrogen) atoms. The summed E-state index contributed by atoms with van der Waals surface area (Å²) in [7, 11) is 1.96. The van der Waals surface area contributed by atoms with E-state index in [9.17, 15) is 5.11 Å². The predicted octanol–water partition coefficient (Wildman–Crippen LogP) is 2.63. The quantitative estimate of drug-likeness (QED) is 0.566. The summed E-state index contributed by atoms with van der Waals surface area (Å²) < 4.78 is 3.87. The second-order valence-corrected chi connectivity index (χ2v) is 8.07. The topological polar surface area (TPSA) is 84.4 Å². The van der Waals surface area contributed by atoms with Crippen LogP contribution in [0.2, 0.25) is 0 Å². The average molecular weight is 403 g/mol. The summed E-state index contributed by atoms with van der Waals surface area (Å²) in [6.07, 6.45) is 8.45. The molecule has 154 valence electrons. The maximum Gasteiger partial charge on any atom is 0.160 e. The number of hydrogen-bond acceptors (Lipinski definition) is 6. The summed E-state index contributed by atoms with van der Waals surface area (Å²) in [5.41, 5.74) is 3.72. The first-order valence-electron chi connectivity index (χ1n) is 10.2. The minimum atomic E-state index is -0.845. The van der Waals surface area contributed by atoms with Crippen molar-refractivity contribution >= 4 is 11.5 Å². The molecule has 0 atom stereocenters. The number of pyridine rings is 1. The van der Waals surface area contributed by atoms with Crippen molar-refractivity contribution < 1.29 is 5.11 Å². The molecule has 8 heteroatoms. The fourth-order valence-electron chi connectivity index (χ4n) is 4.29. The van der Waals surface area contributed by atoms with Crippen LogP contribution in [-0.4, -0.2) is 47.3 Å². The molecular weight excluding hydrogens is 378 g/mol. The summed E-state index contributed by atoms with van der Waals surface area (Å²) in [5.74, 6) is 1.84. The van der Waals surface area contributed by atoms with Gasteiger partial charge in [0.2, 0.25) is 0 Å². The van der Waals surface area contributed by atoms with E-state index in [0.717, 1.165) is 52.9 Å². The van der Waals surface area contributed by atoms with Crippen LogP contribution in [0.5, 0.6) is 0 Å². The number of rotatable bonds is 3. The van der Waals surface area contributed by atoms with Gasteiger partial charge >= 0.3 is 0 Å². The lowest BCUT2D eigenvalue weighted by atomic mass is 9.85. The van der Waals surface area contributed by atoms with Gasteiger partial charge in [-0.3, -0.25) is 4.98 Å². The number of aryl methyl sites for hydroxylation is 2. The normalized spacial score (nSPS) is 16.3. The molecule has 4 aromatic rings. The molecule has 1 fully saturated rings. The zero-order valence-corrected chi connectivity index (χ0v) is 17.4. The van der Waals surface area contributed by atoms with Crippen LogP contribution in [0.3, 0.4) is 0 Å². The third-order valence-electron chi connectivity index (χ3n) is 6.19. The lowest BCUT2D eigenvalue weighted by molar-refractivity contribution is 0.0112. The molecule has 0 saturated carbocycles. The van der Waals surface area contributed by atoms with E-state index in [4.69, 9.17) is 10.1 Å². The molecule has 0 unspecified atom stereocenters. The second-order valence-electron chi connectivity index (χ2n) is 8.07. The SMILES string of the molecule is Cc1nc2cc(-c3nccn3C)nn2c(N2CCC(O)(c3cccnc3)CC2)c1C. The number of piperidine rings is 1. The fraction of sp³-hybridized carbons (Fsp3) is 0.364. The second kappa shape index (κ2) is 6.91. The van der Waals surface area contributed by atoms with Crippen molar-refractivity contribution in [3.05, 3.63) is 59.8 Å². The Balaban J connectivity index is 1.52. The molecule has 0 amide bonds. The van der Waals surface area contributed by atoms with Gasteiger partial charge < -0.3 is 14.6 Å². The lowest BCUT2D eigenvalue weighted by Crippen LogP contribution is -2.43. The first kappa shape index (κ1) is 18.7. The van der Waals surface area contributed by atoms with Gasteiger partial charge in [-0.25, -0.2) is 9.97 Å². The number of fused-ring (bicyclic) bond motifs is 1. The third-order valence-corrected chi connectivity index (χ3v) is 6.19. The number of hydrogen-bond donors (Lipinski definition) is 1. The van der Waals surface area contributed by atoms with E-state index in [2.05, 4.69) is 21.8 Å². The molecule has 1 N–H and O–H groups in total. The van der Waals surface area contributed by atoms with Crippen molar-refractivity contribution in [2.45, 2.75) is 32.3 Å². The maximum absolute atomic E-state index is 11.2. The van der Waals surface area contributed by atoms with Crippen molar-refractivity contribution in [3.63, 3.8) is 0 Å². The highest BCUT2D eigenvalue weighted by Gasteiger charge is 2.35. The predicted molar refractivity (Wildman–Crippen MR) is 114 cm³/mol. The molecule has 1 aliphatic heterocycles. The summed E-state index contributed by atoms with van der Waals surface area (Å²) >= 11 is 0. The van der Waals surface area contributed by atoms with Crippen molar-refractivity contribution in [1.29, 1.82) is 0 Å². The minimum absolute atomic E-state index is 0.633. The van der Waals surface area contributed by atoms with Crippen molar-refractivity contribution in [3.8, 4) is 11.5 Å². The molecule has 5 heterocycles. The Bertz CT molecular complexity index is 1200. The van der Waals surface area contributed by atoms with Crippen molar-refractivity contribution in [2.75, 3.05) is 18.0 Å². The molecular formula is C22H25N7O. The summed E-state index contributed by atoms with van der Waals surface area (Å²) in [6, 6.07) is 5.81. The Morgan fingerprint density at radius 3 is 2.60 bits per heavy atom. The summed E-state index contributed by atoms with van der Waals surface area (Å²) in [4.78, 5) is 15.7. The molecule has 1 aliphatic rings. The highest BCUT2D eigenvalue weighted by atomic mass is 16.3. The van der Waals surface area contributed by atoms with Crippen molar-refractivity contribution in [2.24, 2.45) is 7.05 Å². The van der Waals surface area contributed by atoms with Gasteiger partial charge in [0, 0.05) is 67.8 Å². The molecule has 1 saturated heterocycles. The smallest absolute Gasteiger partial charge is 0.160 e. The van der Waals surface area contributed by atoms with E-state index in [-0.39, 0.29) is 0 Å². The third kappa shape index (κ3) is 2.95.